The van der Waals surface area contributed by atoms with Gasteiger partial charge in [-0.05, 0) is 36.2 Å². The number of hydrogen-bond donors (Lipinski definition) is 1. The largest absolute Gasteiger partial charge is 0.358 e. The summed E-state index contributed by atoms with van der Waals surface area (Å²) in [5.41, 5.74) is 4.49. The first-order valence-corrected chi connectivity index (χ1v) is 9.94. The van der Waals surface area contributed by atoms with Crippen molar-refractivity contribution in [1.82, 2.24) is 9.29 Å². The molecule has 0 spiro atoms. The molecule has 0 amide bonds. The van der Waals surface area contributed by atoms with E-state index in [4.69, 9.17) is 11.6 Å². The minimum absolute atomic E-state index is 0.307. The van der Waals surface area contributed by atoms with Crippen molar-refractivity contribution in [3.63, 3.8) is 0 Å². The number of H-pyrrole nitrogens is 1. The Morgan fingerprint density at radius 1 is 1.26 bits per heavy atom. The molecule has 0 atom stereocenters. The van der Waals surface area contributed by atoms with Gasteiger partial charge in [-0.2, -0.15) is 4.31 Å². The predicted octanol–water partition coefficient (Wildman–Crippen LogP) is 3.94. The molecule has 0 saturated heterocycles. The number of benzene rings is 1. The fourth-order valence-corrected chi connectivity index (χ4v) is 6.13. The highest BCUT2D eigenvalue weighted by Gasteiger charge is 2.31. The average molecular weight is 367 g/mol. The number of hydrogen-bond acceptors (Lipinski definition) is 3. The van der Waals surface area contributed by atoms with Gasteiger partial charge in [-0.3, -0.25) is 0 Å². The Labute approximate surface area is 143 Å². The van der Waals surface area contributed by atoms with Crippen LogP contribution in [0.1, 0.15) is 16.8 Å². The Morgan fingerprint density at radius 2 is 2.09 bits per heavy atom. The summed E-state index contributed by atoms with van der Waals surface area (Å²) in [6, 6.07) is 9.44. The first kappa shape index (κ1) is 15.2. The van der Waals surface area contributed by atoms with E-state index in [0.29, 0.717) is 28.1 Å². The van der Waals surface area contributed by atoms with Crippen molar-refractivity contribution in [1.29, 1.82) is 0 Å². The molecule has 23 heavy (non-hydrogen) atoms. The van der Waals surface area contributed by atoms with Gasteiger partial charge in [0.15, 0.2) is 0 Å². The number of thiophene rings is 1. The van der Waals surface area contributed by atoms with Gasteiger partial charge in [0.25, 0.3) is 10.0 Å². The Hall–Kier alpha value is -1.34. The van der Waals surface area contributed by atoms with Crippen molar-refractivity contribution in [3.05, 3.63) is 51.5 Å². The quantitative estimate of drug-likeness (QED) is 0.746. The van der Waals surface area contributed by atoms with E-state index in [9.17, 15) is 8.42 Å². The van der Waals surface area contributed by atoms with E-state index in [1.807, 2.05) is 0 Å². The van der Waals surface area contributed by atoms with Gasteiger partial charge in [0.1, 0.15) is 4.21 Å². The van der Waals surface area contributed by atoms with E-state index in [1.54, 1.807) is 16.4 Å². The monoisotopic (exact) mass is 366 g/mol. The molecule has 120 valence electrons. The maximum Gasteiger partial charge on any atom is 0.252 e. The molecule has 0 unspecified atom stereocenters. The number of rotatable bonds is 2. The van der Waals surface area contributed by atoms with Gasteiger partial charge >= 0.3 is 0 Å². The summed E-state index contributed by atoms with van der Waals surface area (Å²) in [4.78, 5) is 3.43. The van der Waals surface area contributed by atoms with Crippen LogP contribution in [0.3, 0.4) is 0 Å². The summed E-state index contributed by atoms with van der Waals surface area (Å²) in [7, 11) is -3.49. The Morgan fingerprint density at radius 3 is 2.83 bits per heavy atom. The van der Waals surface area contributed by atoms with Crippen molar-refractivity contribution in [2.75, 3.05) is 6.54 Å². The fraction of sp³-hybridized carbons (Fsp3) is 0.250. The molecule has 3 heterocycles. The lowest BCUT2D eigenvalue weighted by molar-refractivity contribution is 0.392. The minimum Gasteiger partial charge on any atom is -0.358 e. The normalized spacial score (nSPS) is 15.9. The second-order valence-corrected chi connectivity index (χ2v) is 9.66. The van der Waals surface area contributed by atoms with E-state index in [-0.39, 0.29) is 0 Å². The number of sulfonamides is 1. The van der Waals surface area contributed by atoms with Crippen molar-refractivity contribution >= 4 is 43.9 Å². The van der Waals surface area contributed by atoms with Crippen LogP contribution in [0, 0.1) is 6.92 Å². The molecule has 4 rings (SSSR count). The number of halogens is 1. The second-order valence-electron chi connectivity index (χ2n) is 5.78. The highest BCUT2D eigenvalue weighted by Crippen LogP contribution is 2.33. The molecule has 1 aliphatic rings. The van der Waals surface area contributed by atoms with Crippen molar-refractivity contribution < 1.29 is 8.42 Å². The number of nitrogens with zero attached hydrogens (tertiary/aromatic N) is 1. The molecule has 0 radical (unpaired) electrons. The third-order valence-electron chi connectivity index (χ3n) is 4.24. The van der Waals surface area contributed by atoms with Crippen LogP contribution in [-0.4, -0.2) is 24.3 Å². The molecule has 0 aliphatic carbocycles. The van der Waals surface area contributed by atoms with Crippen LogP contribution in [0.2, 0.25) is 4.34 Å². The van der Waals surface area contributed by atoms with Crippen LogP contribution in [0.4, 0.5) is 0 Å². The highest BCUT2D eigenvalue weighted by atomic mass is 35.5. The molecule has 1 aliphatic heterocycles. The summed E-state index contributed by atoms with van der Waals surface area (Å²) in [5.74, 6) is 0. The zero-order valence-electron chi connectivity index (χ0n) is 12.5. The van der Waals surface area contributed by atoms with Crippen LogP contribution in [-0.2, 0) is 23.0 Å². The molecule has 1 aromatic carbocycles. The summed E-state index contributed by atoms with van der Waals surface area (Å²) in [5, 5.41) is 1.11. The lowest BCUT2D eigenvalue weighted by Crippen LogP contribution is -2.35. The maximum atomic E-state index is 12.8. The molecule has 2 aromatic heterocycles. The molecule has 0 saturated carbocycles. The Kier molecular flexibility index (Phi) is 3.53. The zero-order chi connectivity index (χ0) is 16.2. The SMILES string of the molecule is Cc1ccc2c3c([nH]c2c1)CCN(S(=O)(=O)c1ccc(Cl)s1)C3. The lowest BCUT2D eigenvalue weighted by Gasteiger charge is -2.25. The topological polar surface area (TPSA) is 53.2 Å². The van der Waals surface area contributed by atoms with E-state index < -0.39 is 10.0 Å². The smallest absolute Gasteiger partial charge is 0.252 e. The van der Waals surface area contributed by atoms with Crippen LogP contribution < -0.4 is 0 Å². The number of nitrogens with one attached hydrogen (secondary N) is 1. The Bertz CT molecular complexity index is 1000. The van der Waals surface area contributed by atoms with Crippen LogP contribution in [0.15, 0.2) is 34.5 Å². The molecule has 3 aromatic rings. The van der Waals surface area contributed by atoms with Crippen molar-refractivity contribution in [2.24, 2.45) is 0 Å². The third-order valence-corrected chi connectivity index (χ3v) is 7.78. The van der Waals surface area contributed by atoms with Crippen LogP contribution >= 0.6 is 22.9 Å². The minimum atomic E-state index is -3.49. The van der Waals surface area contributed by atoms with Crippen LogP contribution in [0.5, 0.6) is 0 Å². The van der Waals surface area contributed by atoms with Gasteiger partial charge in [-0.25, -0.2) is 8.42 Å². The summed E-state index contributed by atoms with van der Waals surface area (Å²) >= 11 is 7.00. The first-order valence-electron chi connectivity index (χ1n) is 7.31. The van der Waals surface area contributed by atoms with Gasteiger partial charge in [-0.15, -0.1) is 11.3 Å². The summed E-state index contributed by atoms with van der Waals surface area (Å²) in [6.45, 7) is 2.93. The zero-order valence-corrected chi connectivity index (χ0v) is 14.9. The average Bonchev–Trinajstić information content (AvgIpc) is 3.09. The molecule has 1 N–H and O–H groups in total. The highest BCUT2D eigenvalue weighted by molar-refractivity contribution is 7.91. The molecular weight excluding hydrogens is 352 g/mol. The van der Waals surface area contributed by atoms with Gasteiger partial charge in [0, 0.05) is 36.1 Å². The fourth-order valence-electron chi connectivity index (χ4n) is 3.08. The summed E-state index contributed by atoms with van der Waals surface area (Å²) in [6.07, 6.45) is 0.696. The Balaban J connectivity index is 1.75. The van der Waals surface area contributed by atoms with Gasteiger partial charge in [-0.1, -0.05) is 23.7 Å². The van der Waals surface area contributed by atoms with E-state index in [2.05, 4.69) is 30.1 Å². The number of aromatic nitrogens is 1. The molecule has 0 fully saturated rings. The second kappa shape index (κ2) is 5.34. The van der Waals surface area contributed by atoms with Crippen molar-refractivity contribution in [2.45, 2.75) is 24.1 Å². The molecule has 7 heteroatoms. The summed E-state index contributed by atoms with van der Waals surface area (Å²) < 4.78 is 27.9. The third kappa shape index (κ3) is 2.50. The van der Waals surface area contributed by atoms with E-state index in [1.165, 1.54) is 5.56 Å². The van der Waals surface area contributed by atoms with E-state index >= 15 is 0 Å². The number of aromatic amines is 1. The standard InChI is InChI=1S/C16H15ClN2O2S2/c1-10-2-3-11-12-9-19(7-6-13(12)18-14(11)8-10)23(20,21)16-5-4-15(17)22-16/h2-5,8,18H,6-7,9H2,1H3. The predicted molar refractivity (Wildman–Crippen MR) is 93.7 cm³/mol. The molecule has 4 nitrogen and oxygen atoms in total. The van der Waals surface area contributed by atoms with Crippen LogP contribution in [0.25, 0.3) is 10.9 Å². The lowest BCUT2D eigenvalue weighted by atomic mass is 10.1. The van der Waals surface area contributed by atoms with Gasteiger partial charge in [0.05, 0.1) is 4.34 Å². The number of fused-ring (bicyclic) bond motifs is 3. The molecular formula is C16H15ClN2O2S2. The van der Waals surface area contributed by atoms with Gasteiger partial charge in [0.2, 0.25) is 0 Å². The van der Waals surface area contributed by atoms with Crippen molar-refractivity contribution in [3.8, 4) is 0 Å². The molecule has 0 bridgehead atoms. The van der Waals surface area contributed by atoms with E-state index in [0.717, 1.165) is 33.5 Å². The number of aryl methyl sites for hydroxylation is 1. The maximum absolute atomic E-state index is 12.8. The van der Waals surface area contributed by atoms with Gasteiger partial charge < -0.3 is 4.98 Å². The first-order chi connectivity index (χ1) is 10.9.